The minimum Gasteiger partial charge on any atom is -0.324 e. The minimum atomic E-state index is -3.72. The fourth-order valence-electron chi connectivity index (χ4n) is 2.81. The molecule has 1 N–H and O–H groups in total. The second-order valence-electron chi connectivity index (χ2n) is 5.52. The Morgan fingerprint density at radius 3 is 2.76 bits per heavy atom. The number of halogens is 1. The van der Waals surface area contributed by atoms with Gasteiger partial charge in [-0.15, -0.1) is 23.1 Å². The van der Waals surface area contributed by atoms with E-state index in [2.05, 4.69) is 5.32 Å². The van der Waals surface area contributed by atoms with Gasteiger partial charge in [0.15, 0.2) is 0 Å². The summed E-state index contributed by atoms with van der Waals surface area (Å²) in [5.41, 5.74) is 0.698. The van der Waals surface area contributed by atoms with Crippen molar-refractivity contribution in [3.63, 3.8) is 0 Å². The number of sulfonamides is 1. The van der Waals surface area contributed by atoms with Gasteiger partial charge in [-0.1, -0.05) is 23.7 Å². The van der Waals surface area contributed by atoms with E-state index in [-0.39, 0.29) is 10.1 Å². The molecule has 1 fully saturated rings. The average Bonchev–Trinajstić information content (AvgIpc) is 3.24. The number of carbonyl (C=O) groups is 1. The molecular weight excluding hydrogens is 400 g/mol. The Bertz CT molecular complexity index is 882. The lowest BCUT2D eigenvalue weighted by atomic mass is 10.2. The third kappa shape index (κ3) is 3.88. The standard InChI is InChI=1S/C16H17ClN2O3S3/c1-23-13-7-3-2-5-11(13)18-16(20)12-6-4-10-19(12)25(21,22)15-9-8-14(17)24-15/h2-3,5,7-9,12H,4,6,10H2,1H3,(H,18,20)/t12-/m1/s1. The summed E-state index contributed by atoms with van der Waals surface area (Å²) in [6.07, 6.45) is 3.09. The van der Waals surface area contributed by atoms with E-state index in [0.717, 1.165) is 16.2 Å². The molecule has 2 heterocycles. The number of hydrogen-bond donors (Lipinski definition) is 1. The van der Waals surface area contributed by atoms with Crippen LogP contribution < -0.4 is 5.32 Å². The van der Waals surface area contributed by atoms with E-state index in [1.807, 2.05) is 30.5 Å². The number of thiophene rings is 1. The van der Waals surface area contributed by atoms with E-state index in [1.54, 1.807) is 6.07 Å². The topological polar surface area (TPSA) is 66.5 Å². The predicted molar refractivity (Wildman–Crippen MR) is 103 cm³/mol. The molecule has 1 saturated heterocycles. The molecular formula is C16H17ClN2O3S3. The lowest BCUT2D eigenvalue weighted by Gasteiger charge is -2.23. The Hall–Kier alpha value is -1.06. The summed E-state index contributed by atoms with van der Waals surface area (Å²) in [5.74, 6) is -0.301. The van der Waals surface area contributed by atoms with Gasteiger partial charge >= 0.3 is 0 Å². The van der Waals surface area contributed by atoms with Gasteiger partial charge in [-0.2, -0.15) is 4.31 Å². The molecule has 1 amide bonds. The van der Waals surface area contributed by atoms with E-state index in [1.165, 1.54) is 22.1 Å². The number of thioether (sulfide) groups is 1. The van der Waals surface area contributed by atoms with Crippen LogP contribution in [0.1, 0.15) is 12.8 Å². The van der Waals surface area contributed by atoms with Crippen LogP contribution in [-0.2, 0) is 14.8 Å². The Kier molecular flexibility index (Phi) is 5.75. The van der Waals surface area contributed by atoms with Crippen molar-refractivity contribution in [2.24, 2.45) is 0 Å². The fraction of sp³-hybridized carbons (Fsp3) is 0.312. The van der Waals surface area contributed by atoms with Gasteiger partial charge in [-0.3, -0.25) is 4.79 Å². The molecule has 0 bridgehead atoms. The number of rotatable bonds is 5. The summed E-state index contributed by atoms with van der Waals surface area (Å²) in [6.45, 7) is 0.333. The smallest absolute Gasteiger partial charge is 0.253 e. The normalized spacial score (nSPS) is 18.4. The van der Waals surface area contributed by atoms with E-state index in [9.17, 15) is 13.2 Å². The van der Waals surface area contributed by atoms with Crippen LogP contribution in [0.15, 0.2) is 45.5 Å². The number of carbonyl (C=O) groups excluding carboxylic acids is 1. The van der Waals surface area contributed by atoms with Crippen LogP contribution in [0.3, 0.4) is 0 Å². The summed E-state index contributed by atoms with van der Waals surface area (Å²) in [4.78, 5) is 13.7. The molecule has 1 atom stereocenters. The molecule has 1 aliphatic heterocycles. The third-order valence-electron chi connectivity index (χ3n) is 3.98. The molecule has 2 aromatic rings. The van der Waals surface area contributed by atoms with Gasteiger partial charge in [0.1, 0.15) is 10.3 Å². The van der Waals surface area contributed by atoms with Crippen LogP contribution in [0.5, 0.6) is 0 Å². The number of hydrogen-bond acceptors (Lipinski definition) is 5. The third-order valence-corrected chi connectivity index (χ3v) is 8.39. The van der Waals surface area contributed by atoms with E-state index in [4.69, 9.17) is 11.6 Å². The van der Waals surface area contributed by atoms with Crippen molar-refractivity contribution in [2.45, 2.75) is 28.0 Å². The van der Waals surface area contributed by atoms with Crippen molar-refractivity contribution in [1.82, 2.24) is 4.31 Å². The zero-order valence-electron chi connectivity index (χ0n) is 13.4. The van der Waals surface area contributed by atoms with Crippen molar-refractivity contribution in [3.8, 4) is 0 Å². The van der Waals surface area contributed by atoms with Gasteiger partial charge in [0.2, 0.25) is 5.91 Å². The maximum absolute atomic E-state index is 12.8. The predicted octanol–water partition coefficient (Wildman–Crippen LogP) is 3.92. The SMILES string of the molecule is CSc1ccccc1NC(=O)[C@H]1CCCN1S(=O)(=O)c1ccc(Cl)s1. The van der Waals surface area contributed by atoms with Gasteiger partial charge in [0, 0.05) is 11.4 Å². The largest absolute Gasteiger partial charge is 0.324 e. The van der Waals surface area contributed by atoms with Crippen LogP contribution in [0.25, 0.3) is 0 Å². The zero-order valence-corrected chi connectivity index (χ0v) is 16.6. The second kappa shape index (κ2) is 7.67. The quantitative estimate of drug-likeness (QED) is 0.750. The number of anilines is 1. The molecule has 25 heavy (non-hydrogen) atoms. The highest BCUT2D eigenvalue weighted by Crippen LogP contribution is 2.33. The van der Waals surface area contributed by atoms with Gasteiger partial charge < -0.3 is 5.32 Å². The van der Waals surface area contributed by atoms with Crippen molar-refractivity contribution in [2.75, 3.05) is 18.1 Å². The van der Waals surface area contributed by atoms with Crippen molar-refractivity contribution >= 4 is 56.3 Å². The monoisotopic (exact) mass is 416 g/mol. The second-order valence-corrected chi connectivity index (χ2v) is 10.2. The molecule has 1 aromatic heterocycles. The average molecular weight is 417 g/mol. The molecule has 5 nitrogen and oxygen atoms in total. The highest BCUT2D eigenvalue weighted by atomic mass is 35.5. The number of nitrogens with one attached hydrogen (secondary N) is 1. The van der Waals surface area contributed by atoms with E-state index in [0.29, 0.717) is 29.4 Å². The highest BCUT2D eigenvalue weighted by molar-refractivity contribution is 7.98. The first-order valence-corrected chi connectivity index (χ1v) is 11.5. The molecule has 3 rings (SSSR count). The van der Waals surface area contributed by atoms with Crippen molar-refractivity contribution in [1.29, 1.82) is 0 Å². The summed E-state index contributed by atoms with van der Waals surface area (Å²) in [7, 11) is -3.72. The molecule has 1 aromatic carbocycles. The van der Waals surface area contributed by atoms with Gasteiger partial charge in [0.05, 0.1) is 10.0 Å². The molecule has 0 unspecified atom stereocenters. The maximum atomic E-state index is 12.8. The Balaban J connectivity index is 1.83. The van der Waals surface area contributed by atoms with Crippen LogP contribution in [0, 0.1) is 0 Å². The minimum absolute atomic E-state index is 0.168. The Labute approximate surface area is 160 Å². The van der Waals surface area contributed by atoms with Crippen molar-refractivity contribution in [3.05, 3.63) is 40.7 Å². The summed E-state index contributed by atoms with van der Waals surface area (Å²) in [6, 6.07) is 9.80. The number of nitrogens with zero attached hydrogens (tertiary/aromatic N) is 1. The molecule has 9 heteroatoms. The van der Waals surface area contributed by atoms with Crippen LogP contribution in [0.2, 0.25) is 4.34 Å². The van der Waals surface area contributed by atoms with Gasteiger partial charge in [0.25, 0.3) is 10.0 Å². The van der Waals surface area contributed by atoms with E-state index < -0.39 is 16.1 Å². The highest BCUT2D eigenvalue weighted by Gasteiger charge is 2.40. The fourth-order valence-corrected chi connectivity index (χ4v) is 6.63. The number of para-hydroxylation sites is 1. The molecule has 0 saturated carbocycles. The zero-order chi connectivity index (χ0) is 18.0. The first-order valence-electron chi connectivity index (χ1n) is 7.64. The molecule has 0 spiro atoms. The lowest BCUT2D eigenvalue weighted by molar-refractivity contribution is -0.119. The summed E-state index contributed by atoms with van der Waals surface area (Å²) in [5, 5.41) is 2.87. The molecule has 0 radical (unpaired) electrons. The maximum Gasteiger partial charge on any atom is 0.253 e. The molecule has 134 valence electrons. The van der Waals surface area contributed by atoms with Crippen molar-refractivity contribution < 1.29 is 13.2 Å². The molecule has 1 aliphatic rings. The lowest BCUT2D eigenvalue weighted by Crippen LogP contribution is -2.42. The van der Waals surface area contributed by atoms with Crippen LogP contribution in [0.4, 0.5) is 5.69 Å². The summed E-state index contributed by atoms with van der Waals surface area (Å²) >= 11 is 8.40. The Morgan fingerprint density at radius 1 is 1.32 bits per heavy atom. The van der Waals surface area contributed by atoms with Gasteiger partial charge in [-0.05, 0) is 43.4 Å². The summed E-state index contributed by atoms with van der Waals surface area (Å²) < 4.78 is 27.5. The molecule has 0 aliphatic carbocycles. The first kappa shape index (κ1) is 18.7. The van der Waals surface area contributed by atoms with Crippen LogP contribution >= 0.6 is 34.7 Å². The number of amides is 1. The van der Waals surface area contributed by atoms with E-state index >= 15 is 0 Å². The first-order chi connectivity index (χ1) is 11.9. The number of benzene rings is 1. The van der Waals surface area contributed by atoms with Crippen LogP contribution in [-0.4, -0.2) is 37.5 Å². The Morgan fingerprint density at radius 2 is 2.08 bits per heavy atom. The van der Waals surface area contributed by atoms with Gasteiger partial charge in [-0.25, -0.2) is 8.42 Å².